The molecule has 1 aliphatic rings. The second-order valence-corrected chi connectivity index (χ2v) is 5.39. The van der Waals surface area contributed by atoms with Crippen LogP contribution in [0.15, 0.2) is 6.33 Å². The van der Waals surface area contributed by atoms with E-state index in [9.17, 15) is 10.1 Å². The molecule has 0 aromatic carbocycles. The Hall–Kier alpha value is -1.43. The fraction of sp³-hybridized carbons (Fsp3) is 0.667. The highest BCUT2D eigenvalue weighted by Crippen LogP contribution is 2.41. The summed E-state index contributed by atoms with van der Waals surface area (Å²) < 4.78 is 0. The fourth-order valence-electron chi connectivity index (χ4n) is 2.70. The van der Waals surface area contributed by atoms with Gasteiger partial charge in [0, 0.05) is 6.54 Å². The number of nitro groups is 1. The number of hydrogen-bond donors (Lipinski definition) is 1. The molecule has 1 fully saturated rings. The minimum Gasteiger partial charge on any atom is -0.364 e. The molecule has 0 saturated heterocycles. The van der Waals surface area contributed by atoms with E-state index in [1.165, 1.54) is 19.2 Å². The number of nitrogens with one attached hydrogen (secondary N) is 1. The van der Waals surface area contributed by atoms with Crippen molar-refractivity contribution in [3.8, 4) is 0 Å². The Bertz CT molecular complexity index is 475. The van der Waals surface area contributed by atoms with Gasteiger partial charge in [-0.3, -0.25) is 10.1 Å². The average Bonchev–Trinajstić information content (AvgIpc) is 2.85. The lowest BCUT2D eigenvalue weighted by atomic mass is 9.83. The molecule has 1 heterocycles. The standard InChI is InChI=1S/C12H17ClN4O2/c1-2-12(5-3-4-6-12)7-14-11-9(17(18)19)10(13)15-8-16-11/h8H,2-7H2,1H3,(H,14,15,16). The summed E-state index contributed by atoms with van der Waals surface area (Å²) in [6.07, 6.45) is 7.06. The lowest BCUT2D eigenvalue weighted by Gasteiger charge is -2.27. The summed E-state index contributed by atoms with van der Waals surface area (Å²) in [6.45, 7) is 2.85. The molecule has 19 heavy (non-hydrogen) atoms. The highest BCUT2D eigenvalue weighted by Gasteiger charge is 2.33. The van der Waals surface area contributed by atoms with E-state index in [1.54, 1.807) is 0 Å². The minimum absolute atomic E-state index is 0.125. The molecule has 0 amide bonds. The van der Waals surface area contributed by atoms with Gasteiger partial charge >= 0.3 is 5.69 Å². The van der Waals surface area contributed by atoms with Crippen LogP contribution < -0.4 is 5.32 Å². The largest absolute Gasteiger partial charge is 0.364 e. The van der Waals surface area contributed by atoms with Gasteiger partial charge in [0.25, 0.3) is 0 Å². The lowest BCUT2D eigenvalue weighted by molar-refractivity contribution is -0.384. The van der Waals surface area contributed by atoms with Crippen LogP contribution in [0.2, 0.25) is 5.15 Å². The van der Waals surface area contributed by atoms with Gasteiger partial charge in [-0.1, -0.05) is 31.4 Å². The maximum atomic E-state index is 11.0. The second kappa shape index (κ2) is 5.69. The molecule has 6 nitrogen and oxygen atoms in total. The van der Waals surface area contributed by atoms with E-state index in [-0.39, 0.29) is 22.1 Å². The fourth-order valence-corrected chi connectivity index (χ4v) is 2.90. The van der Waals surface area contributed by atoms with Crippen molar-refractivity contribution in [2.75, 3.05) is 11.9 Å². The quantitative estimate of drug-likeness (QED) is 0.509. The third-order valence-corrected chi connectivity index (χ3v) is 4.28. The summed E-state index contributed by atoms with van der Waals surface area (Å²) in [6, 6.07) is 0. The van der Waals surface area contributed by atoms with Crippen LogP contribution in [0.1, 0.15) is 39.0 Å². The maximum absolute atomic E-state index is 11.0. The van der Waals surface area contributed by atoms with Gasteiger partial charge in [-0.2, -0.15) is 0 Å². The second-order valence-electron chi connectivity index (χ2n) is 5.03. The Labute approximate surface area is 116 Å². The monoisotopic (exact) mass is 284 g/mol. The molecular weight excluding hydrogens is 268 g/mol. The van der Waals surface area contributed by atoms with Crippen LogP contribution in [0.4, 0.5) is 11.5 Å². The number of anilines is 1. The van der Waals surface area contributed by atoms with Crippen LogP contribution in [0.25, 0.3) is 0 Å². The first-order valence-electron chi connectivity index (χ1n) is 6.47. The molecule has 1 N–H and O–H groups in total. The summed E-state index contributed by atoms with van der Waals surface area (Å²) in [5, 5.41) is 14.0. The van der Waals surface area contributed by atoms with E-state index in [0.717, 1.165) is 19.3 Å². The van der Waals surface area contributed by atoms with Crippen molar-refractivity contribution in [3.63, 3.8) is 0 Å². The SMILES string of the molecule is CCC1(CNc2ncnc(Cl)c2[N+](=O)[O-])CCCC1. The van der Waals surface area contributed by atoms with Crippen LogP contribution >= 0.6 is 11.6 Å². The van der Waals surface area contributed by atoms with Crippen molar-refractivity contribution in [1.82, 2.24) is 9.97 Å². The average molecular weight is 285 g/mol. The van der Waals surface area contributed by atoms with Crippen LogP contribution in [-0.4, -0.2) is 21.4 Å². The molecule has 1 aromatic rings. The van der Waals surface area contributed by atoms with Crippen molar-refractivity contribution >= 4 is 23.1 Å². The Morgan fingerprint density at radius 1 is 1.47 bits per heavy atom. The predicted octanol–water partition coefficient (Wildman–Crippen LogP) is 3.42. The van der Waals surface area contributed by atoms with Crippen molar-refractivity contribution in [3.05, 3.63) is 21.6 Å². The van der Waals surface area contributed by atoms with E-state index >= 15 is 0 Å². The molecule has 0 unspecified atom stereocenters. The van der Waals surface area contributed by atoms with E-state index in [2.05, 4.69) is 22.2 Å². The van der Waals surface area contributed by atoms with Gasteiger partial charge in [-0.25, -0.2) is 9.97 Å². The molecule has 0 radical (unpaired) electrons. The molecule has 1 aromatic heterocycles. The van der Waals surface area contributed by atoms with Gasteiger partial charge in [-0.15, -0.1) is 0 Å². The molecule has 1 saturated carbocycles. The summed E-state index contributed by atoms with van der Waals surface area (Å²) in [4.78, 5) is 18.0. The summed E-state index contributed by atoms with van der Waals surface area (Å²) in [5.41, 5.74) is -0.0147. The van der Waals surface area contributed by atoms with E-state index in [4.69, 9.17) is 11.6 Å². The molecule has 7 heteroatoms. The first-order chi connectivity index (χ1) is 9.08. The zero-order valence-electron chi connectivity index (χ0n) is 10.9. The number of halogens is 1. The number of aromatic nitrogens is 2. The van der Waals surface area contributed by atoms with E-state index in [0.29, 0.717) is 6.54 Å². The third-order valence-electron chi connectivity index (χ3n) is 4.01. The van der Waals surface area contributed by atoms with Gasteiger partial charge in [0.1, 0.15) is 6.33 Å². The zero-order chi connectivity index (χ0) is 13.9. The van der Waals surface area contributed by atoms with Gasteiger partial charge in [-0.05, 0) is 24.7 Å². The molecule has 0 spiro atoms. The Kier molecular flexibility index (Phi) is 4.19. The summed E-state index contributed by atoms with van der Waals surface area (Å²) >= 11 is 5.76. The zero-order valence-corrected chi connectivity index (χ0v) is 11.6. The molecule has 0 aliphatic heterocycles. The topological polar surface area (TPSA) is 81.0 Å². The van der Waals surface area contributed by atoms with Crippen LogP contribution in [0.3, 0.4) is 0 Å². The molecule has 0 bridgehead atoms. The Morgan fingerprint density at radius 2 is 2.16 bits per heavy atom. The lowest BCUT2D eigenvalue weighted by Crippen LogP contribution is -2.26. The molecule has 1 aliphatic carbocycles. The van der Waals surface area contributed by atoms with Gasteiger partial charge in [0.15, 0.2) is 0 Å². The van der Waals surface area contributed by atoms with E-state index < -0.39 is 4.92 Å². The number of hydrogen-bond acceptors (Lipinski definition) is 5. The highest BCUT2D eigenvalue weighted by atomic mass is 35.5. The van der Waals surface area contributed by atoms with Gasteiger partial charge in [0.05, 0.1) is 4.92 Å². The van der Waals surface area contributed by atoms with Gasteiger partial charge in [0.2, 0.25) is 11.0 Å². The van der Waals surface area contributed by atoms with Crippen molar-refractivity contribution in [1.29, 1.82) is 0 Å². The van der Waals surface area contributed by atoms with Crippen molar-refractivity contribution in [2.45, 2.75) is 39.0 Å². The first kappa shape index (κ1) is 14.0. The van der Waals surface area contributed by atoms with Crippen LogP contribution in [0, 0.1) is 15.5 Å². The maximum Gasteiger partial charge on any atom is 0.348 e. The van der Waals surface area contributed by atoms with E-state index in [1.807, 2.05) is 0 Å². The summed E-state index contributed by atoms with van der Waals surface area (Å²) in [7, 11) is 0. The smallest absolute Gasteiger partial charge is 0.348 e. The third kappa shape index (κ3) is 2.94. The van der Waals surface area contributed by atoms with Crippen molar-refractivity contribution < 1.29 is 4.92 Å². The summed E-state index contributed by atoms with van der Waals surface area (Å²) in [5.74, 6) is 0.213. The van der Waals surface area contributed by atoms with Gasteiger partial charge < -0.3 is 5.32 Å². The number of nitrogens with zero attached hydrogens (tertiary/aromatic N) is 3. The minimum atomic E-state index is -0.544. The molecule has 104 valence electrons. The Balaban J connectivity index is 2.15. The molecule has 2 rings (SSSR count). The molecular formula is C12H17ClN4O2. The van der Waals surface area contributed by atoms with Crippen molar-refractivity contribution in [2.24, 2.45) is 5.41 Å². The normalized spacial score (nSPS) is 17.4. The van der Waals surface area contributed by atoms with Crippen LogP contribution in [0.5, 0.6) is 0 Å². The number of rotatable bonds is 5. The predicted molar refractivity (Wildman–Crippen MR) is 73.4 cm³/mol. The van der Waals surface area contributed by atoms with Crippen LogP contribution in [-0.2, 0) is 0 Å². The Morgan fingerprint density at radius 3 is 2.74 bits per heavy atom. The first-order valence-corrected chi connectivity index (χ1v) is 6.84. The molecule has 0 atom stereocenters. The highest BCUT2D eigenvalue weighted by molar-refractivity contribution is 6.31.